The number of hydrogen-bond acceptors (Lipinski definition) is 4. The molecule has 0 bridgehead atoms. The maximum Gasteiger partial charge on any atom is 0.0976 e. The molecule has 1 aliphatic heterocycles. The van der Waals surface area contributed by atoms with Crippen LogP contribution in [0.25, 0.3) is 0 Å². The summed E-state index contributed by atoms with van der Waals surface area (Å²) in [7, 11) is 0. The molecule has 1 aliphatic rings. The molecule has 1 aromatic rings. The van der Waals surface area contributed by atoms with Crippen LogP contribution in [0.5, 0.6) is 0 Å². The van der Waals surface area contributed by atoms with Crippen molar-refractivity contribution in [3.05, 3.63) is 29.0 Å². The highest BCUT2D eigenvalue weighted by Crippen LogP contribution is 2.17. The van der Waals surface area contributed by atoms with Gasteiger partial charge < -0.3 is 0 Å². The highest BCUT2D eigenvalue weighted by atomic mass is 35.5. The van der Waals surface area contributed by atoms with Gasteiger partial charge in [-0.15, -0.1) is 0 Å². The van der Waals surface area contributed by atoms with Crippen LogP contribution in [0.1, 0.15) is 18.9 Å². The average molecular weight is 279 g/mol. The van der Waals surface area contributed by atoms with Gasteiger partial charge in [0.05, 0.1) is 17.1 Å². The fourth-order valence-electron chi connectivity index (χ4n) is 2.44. The number of aromatic nitrogens is 1. The van der Waals surface area contributed by atoms with Crippen molar-refractivity contribution in [3.8, 4) is 6.07 Å². The van der Waals surface area contributed by atoms with E-state index in [0.29, 0.717) is 0 Å². The van der Waals surface area contributed by atoms with Crippen LogP contribution in [-0.4, -0.2) is 47.0 Å². The molecule has 1 unspecified atom stereocenters. The minimum Gasteiger partial charge on any atom is -0.296 e. The number of hydrogen-bond donors (Lipinski definition) is 0. The molecule has 1 atom stereocenters. The third-order valence-corrected chi connectivity index (χ3v) is 3.97. The lowest BCUT2D eigenvalue weighted by atomic mass is 10.1. The molecule has 2 heterocycles. The van der Waals surface area contributed by atoms with Crippen LogP contribution in [0.15, 0.2) is 18.5 Å². The van der Waals surface area contributed by atoms with E-state index in [-0.39, 0.29) is 6.04 Å². The summed E-state index contributed by atoms with van der Waals surface area (Å²) in [5.41, 5.74) is 1.12. The van der Waals surface area contributed by atoms with Gasteiger partial charge in [0, 0.05) is 45.1 Å². The van der Waals surface area contributed by atoms with Gasteiger partial charge in [0.15, 0.2) is 0 Å². The van der Waals surface area contributed by atoms with Gasteiger partial charge in [0.1, 0.15) is 0 Å². The Kier molecular flexibility index (Phi) is 5.15. The van der Waals surface area contributed by atoms with Gasteiger partial charge in [-0.05, 0) is 18.1 Å². The smallest absolute Gasteiger partial charge is 0.0976 e. The van der Waals surface area contributed by atoms with E-state index in [2.05, 4.69) is 27.8 Å². The zero-order chi connectivity index (χ0) is 13.7. The van der Waals surface area contributed by atoms with E-state index in [1.807, 2.05) is 6.07 Å². The van der Waals surface area contributed by atoms with Crippen LogP contribution in [0, 0.1) is 11.3 Å². The zero-order valence-electron chi connectivity index (χ0n) is 11.2. The molecular formula is C14H19ClN4. The molecule has 0 radical (unpaired) electrons. The van der Waals surface area contributed by atoms with Crippen molar-refractivity contribution in [1.82, 2.24) is 14.8 Å². The molecule has 1 fully saturated rings. The molecule has 0 spiro atoms. The van der Waals surface area contributed by atoms with Gasteiger partial charge in [-0.2, -0.15) is 5.26 Å². The molecule has 0 aromatic carbocycles. The standard InChI is InChI=1S/C14H19ClN4/c1-2-13(9-16)19-7-5-18(6-8-19)11-12-3-4-17-10-14(12)15/h3-4,10,13H,2,5-8,11H2,1H3. The van der Waals surface area contributed by atoms with E-state index in [9.17, 15) is 0 Å². The second kappa shape index (κ2) is 6.85. The van der Waals surface area contributed by atoms with E-state index < -0.39 is 0 Å². The Hall–Kier alpha value is -1.15. The zero-order valence-corrected chi connectivity index (χ0v) is 12.0. The van der Waals surface area contributed by atoms with Gasteiger partial charge in [-0.3, -0.25) is 14.8 Å². The first-order valence-electron chi connectivity index (χ1n) is 6.69. The van der Waals surface area contributed by atoms with E-state index in [1.54, 1.807) is 12.4 Å². The topological polar surface area (TPSA) is 43.2 Å². The van der Waals surface area contributed by atoms with Crippen LogP contribution in [0.2, 0.25) is 5.02 Å². The van der Waals surface area contributed by atoms with Crippen LogP contribution >= 0.6 is 11.6 Å². The summed E-state index contributed by atoms with van der Waals surface area (Å²) in [5, 5.41) is 9.82. The lowest BCUT2D eigenvalue weighted by Crippen LogP contribution is -2.49. The predicted octanol–water partition coefficient (Wildman–Crippen LogP) is 2.15. The van der Waals surface area contributed by atoms with E-state index >= 15 is 0 Å². The second-order valence-corrected chi connectivity index (χ2v) is 5.24. The van der Waals surface area contributed by atoms with E-state index in [1.165, 1.54) is 0 Å². The molecule has 0 saturated carbocycles. The average Bonchev–Trinajstić information content (AvgIpc) is 2.44. The first-order valence-corrected chi connectivity index (χ1v) is 7.06. The Morgan fingerprint density at radius 2 is 2.16 bits per heavy atom. The number of nitriles is 1. The number of piperazine rings is 1. The molecule has 0 N–H and O–H groups in total. The quantitative estimate of drug-likeness (QED) is 0.846. The second-order valence-electron chi connectivity index (χ2n) is 4.83. The molecule has 5 heteroatoms. The van der Waals surface area contributed by atoms with Gasteiger partial charge in [-0.25, -0.2) is 0 Å². The summed E-state index contributed by atoms with van der Waals surface area (Å²) in [6.07, 6.45) is 4.36. The molecule has 0 aliphatic carbocycles. The van der Waals surface area contributed by atoms with Crippen molar-refractivity contribution in [1.29, 1.82) is 5.26 Å². The maximum absolute atomic E-state index is 9.09. The summed E-state index contributed by atoms with van der Waals surface area (Å²) in [6, 6.07) is 4.41. The van der Waals surface area contributed by atoms with E-state index in [0.717, 1.165) is 49.7 Å². The first kappa shape index (κ1) is 14.3. The van der Waals surface area contributed by atoms with Gasteiger partial charge in [-0.1, -0.05) is 18.5 Å². The van der Waals surface area contributed by atoms with Crippen molar-refractivity contribution in [2.24, 2.45) is 0 Å². The molecule has 1 saturated heterocycles. The summed E-state index contributed by atoms with van der Waals surface area (Å²) in [6.45, 7) is 6.80. The lowest BCUT2D eigenvalue weighted by molar-refractivity contribution is 0.108. The monoisotopic (exact) mass is 278 g/mol. The van der Waals surface area contributed by atoms with Crippen LogP contribution in [0.3, 0.4) is 0 Å². The minimum atomic E-state index is 0.0617. The molecule has 0 amide bonds. The third kappa shape index (κ3) is 3.66. The molecule has 1 aromatic heterocycles. The van der Waals surface area contributed by atoms with Crippen molar-refractivity contribution in [2.75, 3.05) is 26.2 Å². The number of rotatable bonds is 4. The highest BCUT2D eigenvalue weighted by molar-refractivity contribution is 6.31. The number of pyridine rings is 1. The Morgan fingerprint density at radius 3 is 2.74 bits per heavy atom. The molecule has 4 nitrogen and oxygen atoms in total. The van der Waals surface area contributed by atoms with Crippen molar-refractivity contribution in [3.63, 3.8) is 0 Å². The largest absolute Gasteiger partial charge is 0.296 e. The van der Waals surface area contributed by atoms with Gasteiger partial charge >= 0.3 is 0 Å². The summed E-state index contributed by atoms with van der Waals surface area (Å²) in [4.78, 5) is 8.65. The van der Waals surface area contributed by atoms with Gasteiger partial charge in [0.25, 0.3) is 0 Å². The Morgan fingerprint density at radius 1 is 1.42 bits per heavy atom. The SMILES string of the molecule is CCC(C#N)N1CCN(Cc2ccncc2Cl)CC1. The van der Waals surface area contributed by atoms with Gasteiger partial charge in [0.2, 0.25) is 0 Å². The molecule has 19 heavy (non-hydrogen) atoms. The molecular weight excluding hydrogens is 260 g/mol. The van der Waals surface area contributed by atoms with E-state index in [4.69, 9.17) is 16.9 Å². The minimum absolute atomic E-state index is 0.0617. The normalized spacial score (nSPS) is 19.0. The van der Waals surface area contributed by atoms with Crippen molar-refractivity contribution >= 4 is 11.6 Å². The summed E-state index contributed by atoms with van der Waals surface area (Å²) in [5.74, 6) is 0. The third-order valence-electron chi connectivity index (χ3n) is 3.63. The van der Waals surface area contributed by atoms with Crippen molar-refractivity contribution < 1.29 is 0 Å². The summed E-state index contributed by atoms with van der Waals surface area (Å²) >= 11 is 6.12. The first-order chi connectivity index (χ1) is 9.24. The number of halogens is 1. The van der Waals surface area contributed by atoms with Crippen LogP contribution in [0.4, 0.5) is 0 Å². The summed E-state index contributed by atoms with van der Waals surface area (Å²) < 4.78 is 0. The lowest BCUT2D eigenvalue weighted by Gasteiger charge is -2.36. The fourth-order valence-corrected chi connectivity index (χ4v) is 2.62. The van der Waals surface area contributed by atoms with Crippen LogP contribution < -0.4 is 0 Å². The highest BCUT2D eigenvalue weighted by Gasteiger charge is 2.22. The predicted molar refractivity (Wildman–Crippen MR) is 75.8 cm³/mol. The maximum atomic E-state index is 9.09. The fraction of sp³-hybridized carbons (Fsp3) is 0.571. The number of nitrogens with zero attached hydrogens (tertiary/aromatic N) is 4. The molecule has 2 rings (SSSR count). The Labute approximate surface area is 119 Å². The van der Waals surface area contributed by atoms with Crippen LogP contribution in [-0.2, 0) is 6.54 Å². The Bertz CT molecular complexity index is 449. The Balaban J connectivity index is 1.87. The molecule has 102 valence electrons. The van der Waals surface area contributed by atoms with Crippen molar-refractivity contribution in [2.45, 2.75) is 25.9 Å².